The van der Waals surface area contributed by atoms with Gasteiger partial charge < -0.3 is 9.47 Å². The molecule has 5 rings (SSSR count). The van der Waals surface area contributed by atoms with Gasteiger partial charge in [-0.05, 0) is 43.9 Å². The smallest absolute Gasteiger partial charge is 0.133 e. The summed E-state index contributed by atoms with van der Waals surface area (Å²) in [4.78, 5) is 16.6. The van der Waals surface area contributed by atoms with Gasteiger partial charge in [-0.25, -0.2) is 15.0 Å². The molecule has 0 unspecified atom stereocenters. The van der Waals surface area contributed by atoms with Crippen LogP contribution in [-0.2, 0) is 6.42 Å². The van der Waals surface area contributed by atoms with Crippen molar-refractivity contribution in [2.45, 2.75) is 51.0 Å². The van der Waals surface area contributed by atoms with Crippen LogP contribution in [0.3, 0.4) is 0 Å². The number of hydrogen-bond acceptors (Lipinski definition) is 4. The first-order chi connectivity index (χ1) is 12.8. The number of nitrogens with zero attached hydrogens (tertiary/aromatic N) is 5. The average Bonchev–Trinajstić information content (AvgIpc) is 3.48. The molecule has 2 aromatic heterocycles. The lowest BCUT2D eigenvalue weighted by atomic mass is 10.0. The Balaban J connectivity index is 1.37. The summed E-state index contributed by atoms with van der Waals surface area (Å²) in [5.74, 6) is 3.96. The Bertz CT molecular complexity index is 919. The van der Waals surface area contributed by atoms with Crippen molar-refractivity contribution in [1.82, 2.24) is 19.5 Å². The standard InChI is InChI=1S/C21H25N5/c1-2-19-23-17-5-3-4-6-18(17)26(19)16-10-13-25(14-11-16)20-9-12-22-21(24-20)15-7-8-15/h3-6,9,12,15-16H,2,7-8,10-11,13-14H2,1H3. The van der Waals surface area contributed by atoms with Crippen molar-refractivity contribution < 1.29 is 0 Å². The monoisotopic (exact) mass is 347 g/mol. The second-order valence-electron chi connectivity index (χ2n) is 7.51. The van der Waals surface area contributed by atoms with Crippen LogP contribution in [0.5, 0.6) is 0 Å². The van der Waals surface area contributed by atoms with Crippen LogP contribution < -0.4 is 4.90 Å². The maximum atomic E-state index is 4.85. The first-order valence-electron chi connectivity index (χ1n) is 9.87. The highest BCUT2D eigenvalue weighted by atomic mass is 15.2. The first-order valence-corrected chi connectivity index (χ1v) is 9.87. The molecular weight excluding hydrogens is 322 g/mol. The summed E-state index contributed by atoms with van der Waals surface area (Å²) in [7, 11) is 0. The van der Waals surface area contributed by atoms with E-state index in [2.05, 4.69) is 51.7 Å². The summed E-state index contributed by atoms with van der Waals surface area (Å²) in [5.41, 5.74) is 2.40. The van der Waals surface area contributed by atoms with Crippen LogP contribution in [-0.4, -0.2) is 32.6 Å². The number of aromatic nitrogens is 4. The van der Waals surface area contributed by atoms with Gasteiger partial charge >= 0.3 is 0 Å². The van der Waals surface area contributed by atoms with E-state index in [1.807, 2.05) is 6.20 Å². The van der Waals surface area contributed by atoms with Gasteiger partial charge in [0.1, 0.15) is 17.5 Å². The van der Waals surface area contributed by atoms with Crippen molar-refractivity contribution in [3.8, 4) is 0 Å². The first kappa shape index (κ1) is 15.8. The Hall–Kier alpha value is -2.43. The molecule has 0 bridgehead atoms. The number of anilines is 1. The molecule has 3 heterocycles. The van der Waals surface area contributed by atoms with Crippen LogP contribution in [0.1, 0.15) is 56.2 Å². The molecule has 1 aliphatic carbocycles. The zero-order valence-corrected chi connectivity index (χ0v) is 15.3. The van der Waals surface area contributed by atoms with E-state index in [4.69, 9.17) is 9.97 Å². The van der Waals surface area contributed by atoms with Crippen LogP contribution in [0.2, 0.25) is 0 Å². The minimum Gasteiger partial charge on any atom is -0.356 e. The van der Waals surface area contributed by atoms with Crippen molar-refractivity contribution in [2.75, 3.05) is 18.0 Å². The molecule has 2 fully saturated rings. The van der Waals surface area contributed by atoms with Crippen molar-refractivity contribution in [2.24, 2.45) is 0 Å². The fraction of sp³-hybridized carbons (Fsp3) is 0.476. The van der Waals surface area contributed by atoms with Crippen LogP contribution in [0.15, 0.2) is 36.5 Å². The van der Waals surface area contributed by atoms with Gasteiger partial charge in [-0.3, -0.25) is 0 Å². The zero-order valence-electron chi connectivity index (χ0n) is 15.3. The molecular formula is C21H25N5. The summed E-state index contributed by atoms with van der Waals surface area (Å²) in [6.45, 7) is 4.29. The molecule has 134 valence electrons. The van der Waals surface area contributed by atoms with Gasteiger partial charge in [0.2, 0.25) is 0 Å². The van der Waals surface area contributed by atoms with Gasteiger partial charge in [-0.2, -0.15) is 0 Å². The summed E-state index contributed by atoms with van der Waals surface area (Å²) in [5, 5.41) is 0. The Morgan fingerprint density at radius 3 is 2.58 bits per heavy atom. The third-order valence-electron chi connectivity index (χ3n) is 5.74. The molecule has 1 aromatic carbocycles. The number of imidazole rings is 1. The lowest BCUT2D eigenvalue weighted by Gasteiger charge is -2.34. The van der Waals surface area contributed by atoms with Crippen LogP contribution in [0, 0.1) is 0 Å². The molecule has 26 heavy (non-hydrogen) atoms. The third kappa shape index (κ3) is 2.75. The number of piperidine rings is 1. The third-order valence-corrected chi connectivity index (χ3v) is 5.74. The molecule has 5 heteroatoms. The molecule has 2 aliphatic rings. The number of aryl methyl sites for hydroxylation is 1. The van der Waals surface area contributed by atoms with Gasteiger partial charge in [0.25, 0.3) is 0 Å². The minimum absolute atomic E-state index is 0.526. The van der Waals surface area contributed by atoms with Crippen LogP contribution in [0.25, 0.3) is 11.0 Å². The average molecular weight is 347 g/mol. The van der Waals surface area contributed by atoms with Crippen LogP contribution in [0.4, 0.5) is 5.82 Å². The maximum Gasteiger partial charge on any atom is 0.133 e. The second-order valence-corrected chi connectivity index (χ2v) is 7.51. The van der Waals surface area contributed by atoms with E-state index >= 15 is 0 Å². The topological polar surface area (TPSA) is 46.8 Å². The summed E-state index contributed by atoms with van der Waals surface area (Å²) >= 11 is 0. The van der Waals surface area contributed by atoms with Crippen molar-refractivity contribution >= 4 is 16.9 Å². The summed E-state index contributed by atoms with van der Waals surface area (Å²) < 4.78 is 2.49. The molecule has 0 N–H and O–H groups in total. The molecule has 0 amide bonds. The summed E-state index contributed by atoms with van der Waals surface area (Å²) in [6, 6.07) is 11.1. The zero-order chi connectivity index (χ0) is 17.5. The van der Waals surface area contributed by atoms with E-state index in [0.717, 1.165) is 49.5 Å². The Morgan fingerprint density at radius 2 is 1.81 bits per heavy atom. The normalized spacial score (nSPS) is 18.6. The molecule has 0 atom stereocenters. The van der Waals surface area contributed by atoms with Gasteiger partial charge in [-0.15, -0.1) is 0 Å². The van der Waals surface area contributed by atoms with E-state index in [1.165, 1.54) is 24.2 Å². The van der Waals surface area contributed by atoms with E-state index in [-0.39, 0.29) is 0 Å². The lowest BCUT2D eigenvalue weighted by molar-refractivity contribution is 0.394. The molecule has 0 radical (unpaired) electrons. The number of benzene rings is 1. The van der Waals surface area contributed by atoms with Crippen LogP contribution >= 0.6 is 0 Å². The highest BCUT2D eigenvalue weighted by molar-refractivity contribution is 5.76. The van der Waals surface area contributed by atoms with Crippen molar-refractivity contribution in [1.29, 1.82) is 0 Å². The van der Waals surface area contributed by atoms with E-state index in [1.54, 1.807) is 0 Å². The molecule has 5 nitrogen and oxygen atoms in total. The fourth-order valence-corrected chi connectivity index (χ4v) is 4.18. The molecule has 1 saturated heterocycles. The number of fused-ring (bicyclic) bond motifs is 1. The Morgan fingerprint density at radius 1 is 1.00 bits per heavy atom. The van der Waals surface area contributed by atoms with E-state index in [0.29, 0.717) is 12.0 Å². The quantitative estimate of drug-likeness (QED) is 0.713. The SMILES string of the molecule is CCc1nc2ccccc2n1C1CCN(c2ccnc(C3CC3)n2)CC1. The van der Waals surface area contributed by atoms with E-state index in [9.17, 15) is 0 Å². The van der Waals surface area contributed by atoms with Gasteiger partial charge in [0.05, 0.1) is 11.0 Å². The van der Waals surface area contributed by atoms with Crippen molar-refractivity contribution in [3.63, 3.8) is 0 Å². The number of para-hydroxylation sites is 2. The largest absolute Gasteiger partial charge is 0.356 e. The van der Waals surface area contributed by atoms with Gasteiger partial charge in [0.15, 0.2) is 0 Å². The number of rotatable bonds is 4. The lowest BCUT2D eigenvalue weighted by Crippen LogP contribution is -2.35. The molecule has 3 aromatic rings. The Labute approximate surface area is 154 Å². The predicted octanol–water partition coefficient (Wildman–Crippen LogP) is 4.11. The number of hydrogen-bond donors (Lipinski definition) is 0. The van der Waals surface area contributed by atoms with Gasteiger partial charge in [0, 0.05) is 37.7 Å². The van der Waals surface area contributed by atoms with Crippen molar-refractivity contribution in [3.05, 3.63) is 48.2 Å². The second kappa shape index (κ2) is 6.38. The van der Waals surface area contributed by atoms with E-state index < -0.39 is 0 Å². The molecule has 1 aliphatic heterocycles. The molecule has 1 saturated carbocycles. The predicted molar refractivity (Wildman–Crippen MR) is 104 cm³/mol. The summed E-state index contributed by atoms with van der Waals surface area (Å²) in [6.07, 6.45) is 7.68. The van der Waals surface area contributed by atoms with Gasteiger partial charge in [-0.1, -0.05) is 19.1 Å². The Kier molecular flexibility index (Phi) is 3.88. The maximum absolute atomic E-state index is 4.85. The minimum atomic E-state index is 0.526. The highest BCUT2D eigenvalue weighted by Gasteiger charge is 2.28. The molecule has 0 spiro atoms. The highest BCUT2D eigenvalue weighted by Crippen LogP contribution is 2.38. The fourth-order valence-electron chi connectivity index (χ4n) is 4.18.